The van der Waals surface area contributed by atoms with Crippen molar-refractivity contribution in [3.05, 3.63) is 12.3 Å². The summed E-state index contributed by atoms with van der Waals surface area (Å²) in [6.45, 7) is 6.80. The monoisotopic (exact) mass is 375 g/mol. The van der Waals surface area contributed by atoms with E-state index < -0.39 is 0 Å². The smallest absolute Gasteiger partial charge is 0.227 e. The Morgan fingerprint density at radius 2 is 2.15 bits per heavy atom. The average molecular weight is 376 g/mol. The van der Waals surface area contributed by atoms with Gasteiger partial charge in [0.05, 0.1) is 19.8 Å². The lowest BCUT2D eigenvalue weighted by Crippen LogP contribution is -2.57. The van der Waals surface area contributed by atoms with Crippen LogP contribution in [0.1, 0.15) is 25.7 Å². The molecule has 0 spiro atoms. The Hall–Kier alpha value is -1.44. The summed E-state index contributed by atoms with van der Waals surface area (Å²) in [5, 5.41) is 3.12. The van der Waals surface area contributed by atoms with Gasteiger partial charge in [-0.05, 0) is 37.7 Å². The summed E-state index contributed by atoms with van der Waals surface area (Å²) in [6, 6.07) is 2.62. The first-order valence-electron chi connectivity index (χ1n) is 10.3. The van der Waals surface area contributed by atoms with E-state index in [0.717, 1.165) is 57.8 Å². The molecule has 1 aromatic heterocycles. The van der Waals surface area contributed by atoms with Crippen molar-refractivity contribution in [2.45, 2.75) is 31.7 Å². The van der Waals surface area contributed by atoms with Crippen molar-refractivity contribution < 1.29 is 9.47 Å². The van der Waals surface area contributed by atoms with Crippen LogP contribution in [0.25, 0.3) is 0 Å². The maximum Gasteiger partial charge on any atom is 0.227 e. The van der Waals surface area contributed by atoms with Crippen molar-refractivity contribution in [2.75, 3.05) is 70.4 Å². The molecule has 1 saturated carbocycles. The molecular weight excluding hydrogens is 342 g/mol. The molecule has 0 amide bonds. The van der Waals surface area contributed by atoms with Crippen LogP contribution in [-0.4, -0.2) is 81.1 Å². The van der Waals surface area contributed by atoms with Crippen molar-refractivity contribution in [1.82, 2.24) is 14.9 Å². The van der Waals surface area contributed by atoms with Gasteiger partial charge in [-0.1, -0.05) is 0 Å². The maximum atomic E-state index is 5.74. The highest BCUT2D eigenvalue weighted by molar-refractivity contribution is 5.41. The maximum absolute atomic E-state index is 5.74. The quantitative estimate of drug-likeness (QED) is 0.843. The van der Waals surface area contributed by atoms with Gasteiger partial charge in [-0.3, -0.25) is 4.90 Å². The molecule has 7 nitrogen and oxygen atoms in total. The number of ether oxygens (including phenoxy) is 2. The van der Waals surface area contributed by atoms with Gasteiger partial charge in [0.2, 0.25) is 5.95 Å². The minimum absolute atomic E-state index is 0.217. The molecule has 150 valence electrons. The Balaban J connectivity index is 1.48. The molecule has 3 aliphatic rings. The van der Waals surface area contributed by atoms with Crippen molar-refractivity contribution >= 4 is 11.8 Å². The van der Waals surface area contributed by atoms with Crippen LogP contribution in [0.15, 0.2) is 12.3 Å². The molecule has 1 N–H and O–H groups in total. The molecular formula is C20H33N5O2. The minimum atomic E-state index is 0.217. The van der Waals surface area contributed by atoms with E-state index in [-0.39, 0.29) is 5.41 Å². The van der Waals surface area contributed by atoms with E-state index in [9.17, 15) is 0 Å². The number of nitrogens with one attached hydrogen (secondary N) is 1. The zero-order valence-corrected chi connectivity index (χ0v) is 16.7. The second-order valence-electron chi connectivity index (χ2n) is 8.27. The van der Waals surface area contributed by atoms with Crippen molar-refractivity contribution in [3.8, 4) is 0 Å². The van der Waals surface area contributed by atoms with Gasteiger partial charge in [-0.2, -0.15) is 4.98 Å². The molecule has 2 aliphatic heterocycles. The van der Waals surface area contributed by atoms with Crippen LogP contribution < -0.4 is 10.2 Å². The van der Waals surface area contributed by atoms with Crippen LogP contribution >= 0.6 is 0 Å². The fraction of sp³-hybridized carbons (Fsp3) is 0.800. The van der Waals surface area contributed by atoms with Crippen LogP contribution in [0.2, 0.25) is 0 Å². The number of anilines is 2. The fourth-order valence-corrected chi connectivity index (χ4v) is 5.37. The number of piperidine rings is 1. The first-order chi connectivity index (χ1) is 13.2. The standard InChI is InChI=1S/C20H33N5O2/c1-21-18-4-7-22-19(23-18)25-8-5-16-13-17(24-9-11-27-12-10-24)3-6-20(16,14-25)15-26-2/h4,7,16-17H,3,5-6,8-15H2,1-2H3,(H,21,22,23)/t16-,17-,20+/m0/s1. The van der Waals surface area contributed by atoms with Gasteiger partial charge in [-0.15, -0.1) is 0 Å². The van der Waals surface area contributed by atoms with E-state index in [2.05, 4.69) is 25.1 Å². The van der Waals surface area contributed by atoms with Crippen LogP contribution in [0.5, 0.6) is 0 Å². The Labute approximate surface area is 162 Å². The predicted octanol–water partition coefficient (Wildman–Crippen LogP) is 1.86. The van der Waals surface area contributed by atoms with E-state index in [1.54, 1.807) is 0 Å². The second-order valence-corrected chi connectivity index (χ2v) is 8.27. The number of morpholine rings is 1. The van der Waals surface area contributed by atoms with Crippen LogP contribution in [0, 0.1) is 11.3 Å². The lowest BCUT2D eigenvalue weighted by atomic mass is 9.62. The summed E-state index contributed by atoms with van der Waals surface area (Å²) in [4.78, 5) is 14.2. The molecule has 3 heterocycles. The molecule has 7 heteroatoms. The number of aromatic nitrogens is 2. The number of fused-ring (bicyclic) bond motifs is 1. The molecule has 0 aromatic carbocycles. The third-order valence-corrected chi connectivity index (χ3v) is 6.83. The van der Waals surface area contributed by atoms with E-state index in [4.69, 9.17) is 9.47 Å². The largest absolute Gasteiger partial charge is 0.384 e. The summed E-state index contributed by atoms with van der Waals surface area (Å²) < 4.78 is 11.3. The van der Waals surface area contributed by atoms with Crippen LogP contribution in [0.4, 0.5) is 11.8 Å². The topological polar surface area (TPSA) is 62.8 Å². The third kappa shape index (κ3) is 3.91. The minimum Gasteiger partial charge on any atom is -0.384 e. The summed E-state index contributed by atoms with van der Waals surface area (Å²) in [7, 11) is 3.74. The van der Waals surface area contributed by atoms with Gasteiger partial charge in [0, 0.05) is 58.0 Å². The summed E-state index contributed by atoms with van der Waals surface area (Å²) in [6.07, 6.45) is 6.80. The summed E-state index contributed by atoms with van der Waals surface area (Å²) in [5.41, 5.74) is 0.217. The van der Waals surface area contributed by atoms with Gasteiger partial charge in [-0.25, -0.2) is 4.98 Å². The number of hydrogen-bond acceptors (Lipinski definition) is 7. The van der Waals surface area contributed by atoms with Crippen molar-refractivity contribution in [1.29, 1.82) is 0 Å². The highest BCUT2D eigenvalue weighted by Gasteiger charge is 2.48. The number of methoxy groups -OCH3 is 1. The van der Waals surface area contributed by atoms with Crippen molar-refractivity contribution in [3.63, 3.8) is 0 Å². The SMILES string of the molecule is CNc1ccnc(N2CC[C@H]3C[C@@H](N4CCOCC4)CC[C@]3(COC)C2)n1. The first kappa shape index (κ1) is 18.9. The molecule has 2 saturated heterocycles. The number of nitrogens with zero attached hydrogens (tertiary/aromatic N) is 4. The van der Waals surface area contributed by atoms with Gasteiger partial charge >= 0.3 is 0 Å². The first-order valence-corrected chi connectivity index (χ1v) is 10.3. The van der Waals surface area contributed by atoms with Gasteiger partial charge in [0.1, 0.15) is 5.82 Å². The highest BCUT2D eigenvalue weighted by atomic mass is 16.5. The summed E-state index contributed by atoms with van der Waals surface area (Å²) in [5.74, 6) is 2.42. The van der Waals surface area contributed by atoms with E-state index in [1.165, 1.54) is 25.7 Å². The molecule has 4 rings (SSSR count). The van der Waals surface area contributed by atoms with E-state index >= 15 is 0 Å². The highest BCUT2D eigenvalue weighted by Crippen LogP contribution is 2.48. The van der Waals surface area contributed by atoms with Gasteiger partial charge in [0.15, 0.2) is 0 Å². The Bertz CT molecular complexity index is 624. The average Bonchev–Trinajstić information content (AvgIpc) is 2.74. The van der Waals surface area contributed by atoms with Gasteiger partial charge < -0.3 is 19.7 Å². The lowest BCUT2D eigenvalue weighted by molar-refractivity contribution is -0.0541. The molecule has 3 fully saturated rings. The van der Waals surface area contributed by atoms with E-state index in [0.29, 0.717) is 12.0 Å². The summed E-state index contributed by atoms with van der Waals surface area (Å²) >= 11 is 0. The van der Waals surface area contributed by atoms with Gasteiger partial charge in [0.25, 0.3) is 0 Å². The molecule has 0 unspecified atom stereocenters. The number of rotatable bonds is 5. The Kier molecular flexibility index (Phi) is 5.80. The zero-order chi connectivity index (χ0) is 18.7. The normalized spacial score (nSPS) is 32.1. The fourth-order valence-electron chi connectivity index (χ4n) is 5.37. The predicted molar refractivity (Wildman–Crippen MR) is 106 cm³/mol. The molecule has 27 heavy (non-hydrogen) atoms. The molecule has 0 radical (unpaired) electrons. The van der Waals surface area contributed by atoms with Crippen LogP contribution in [0.3, 0.4) is 0 Å². The van der Waals surface area contributed by atoms with Crippen LogP contribution in [-0.2, 0) is 9.47 Å². The lowest BCUT2D eigenvalue weighted by Gasteiger charge is -2.54. The third-order valence-electron chi connectivity index (χ3n) is 6.83. The Morgan fingerprint density at radius 3 is 2.93 bits per heavy atom. The van der Waals surface area contributed by atoms with E-state index in [1.807, 2.05) is 26.4 Å². The zero-order valence-electron chi connectivity index (χ0n) is 16.7. The molecule has 1 aromatic rings. The molecule has 1 aliphatic carbocycles. The molecule has 0 bridgehead atoms. The second kappa shape index (κ2) is 8.29. The molecule has 3 atom stereocenters. The Morgan fingerprint density at radius 1 is 1.30 bits per heavy atom. The number of hydrogen-bond donors (Lipinski definition) is 1. The van der Waals surface area contributed by atoms with Crippen molar-refractivity contribution in [2.24, 2.45) is 11.3 Å².